The summed E-state index contributed by atoms with van der Waals surface area (Å²) in [5.41, 5.74) is 6.26. The summed E-state index contributed by atoms with van der Waals surface area (Å²) in [6.45, 7) is 3.41. The molecule has 1 aromatic carbocycles. The highest BCUT2D eigenvalue weighted by Gasteiger charge is 2.27. The number of rotatable bonds is 4. The van der Waals surface area contributed by atoms with Crippen molar-refractivity contribution in [3.63, 3.8) is 0 Å². The zero-order valence-corrected chi connectivity index (χ0v) is 14.8. The molecule has 0 spiro atoms. The van der Waals surface area contributed by atoms with Gasteiger partial charge in [0.15, 0.2) is 0 Å². The van der Waals surface area contributed by atoms with Crippen LogP contribution >= 0.6 is 15.9 Å². The Kier molecular flexibility index (Phi) is 5.68. The molecule has 4 nitrogen and oxygen atoms in total. The van der Waals surface area contributed by atoms with E-state index in [1.54, 1.807) is 16.4 Å². The Labute approximate surface area is 135 Å². The Bertz CT molecular complexity index is 589. The van der Waals surface area contributed by atoms with Gasteiger partial charge in [0.1, 0.15) is 0 Å². The molecule has 2 rings (SSSR count). The summed E-state index contributed by atoms with van der Waals surface area (Å²) in [7, 11) is -3.43. The highest BCUT2D eigenvalue weighted by Crippen LogP contribution is 2.28. The summed E-state index contributed by atoms with van der Waals surface area (Å²) in [5, 5.41) is 0. The van der Waals surface area contributed by atoms with E-state index in [2.05, 4.69) is 22.9 Å². The minimum atomic E-state index is -3.43. The summed E-state index contributed by atoms with van der Waals surface area (Å²) < 4.78 is 27.8. The lowest BCUT2D eigenvalue weighted by molar-refractivity contribution is 0.400. The molecule has 1 aromatic rings. The summed E-state index contributed by atoms with van der Waals surface area (Å²) >= 11 is 3.30. The number of hydrogen-bond donors (Lipinski definition) is 1. The van der Waals surface area contributed by atoms with Crippen molar-refractivity contribution in [3.8, 4) is 0 Å². The molecule has 0 amide bonds. The molecule has 1 unspecified atom stereocenters. The van der Waals surface area contributed by atoms with Gasteiger partial charge in [0.05, 0.1) is 4.90 Å². The highest BCUT2D eigenvalue weighted by atomic mass is 79.9. The van der Waals surface area contributed by atoms with Crippen LogP contribution in [-0.2, 0) is 10.0 Å². The Balaban J connectivity index is 2.17. The van der Waals surface area contributed by atoms with Crippen LogP contribution < -0.4 is 5.73 Å². The molecule has 1 heterocycles. The average Bonchev–Trinajstić information content (AvgIpc) is 2.68. The third-order valence-corrected chi connectivity index (χ3v) is 6.73. The molecule has 1 fully saturated rings. The molecular formula is C15H23BrN2O2S. The van der Waals surface area contributed by atoms with Gasteiger partial charge >= 0.3 is 0 Å². The second-order valence-electron chi connectivity index (χ2n) is 5.67. The van der Waals surface area contributed by atoms with E-state index in [1.807, 2.05) is 0 Å². The lowest BCUT2D eigenvalue weighted by atomic mass is 9.96. The number of hydrogen-bond acceptors (Lipinski definition) is 3. The fourth-order valence-corrected chi connectivity index (χ4v) is 4.68. The SMILES string of the molecule is CCCC1CCCN(S(=O)(=O)c2ccc(Br)c(N)c2)CC1. The number of halogens is 1. The van der Waals surface area contributed by atoms with Crippen molar-refractivity contribution < 1.29 is 8.42 Å². The summed E-state index contributed by atoms with van der Waals surface area (Å²) in [6.07, 6.45) is 5.39. The van der Waals surface area contributed by atoms with Gasteiger partial charge in [-0.3, -0.25) is 0 Å². The molecule has 6 heteroatoms. The van der Waals surface area contributed by atoms with Gasteiger partial charge in [-0.15, -0.1) is 0 Å². The molecular weight excluding hydrogens is 352 g/mol. The van der Waals surface area contributed by atoms with E-state index in [1.165, 1.54) is 18.9 Å². The van der Waals surface area contributed by atoms with Crippen molar-refractivity contribution in [2.45, 2.75) is 43.9 Å². The first-order valence-electron chi connectivity index (χ1n) is 7.50. The summed E-state index contributed by atoms with van der Waals surface area (Å²) in [6, 6.07) is 4.85. The number of nitrogens with zero attached hydrogens (tertiary/aromatic N) is 1. The molecule has 0 aliphatic carbocycles. The molecule has 0 saturated carbocycles. The lowest BCUT2D eigenvalue weighted by Crippen LogP contribution is -2.32. The van der Waals surface area contributed by atoms with Gasteiger partial charge in [-0.05, 0) is 59.3 Å². The fourth-order valence-electron chi connectivity index (χ4n) is 2.91. The summed E-state index contributed by atoms with van der Waals surface area (Å²) in [5.74, 6) is 0.658. The van der Waals surface area contributed by atoms with Crippen LogP contribution in [0.5, 0.6) is 0 Å². The standard InChI is InChI=1S/C15H23BrN2O2S/c1-2-4-12-5-3-9-18(10-8-12)21(19,20)13-6-7-14(16)15(17)11-13/h6-7,11-12H,2-5,8-10,17H2,1H3. The maximum absolute atomic E-state index is 12.7. The molecule has 1 aliphatic rings. The smallest absolute Gasteiger partial charge is 0.243 e. The predicted octanol–water partition coefficient (Wildman–Crippen LogP) is 3.62. The highest BCUT2D eigenvalue weighted by molar-refractivity contribution is 9.10. The van der Waals surface area contributed by atoms with Crippen molar-refractivity contribution in [1.29, 1.82) is 0 Å². The van der Waals surface area contributed by atoms with Gasteiger partial charge in [-0.25, -0.2) is 8.42 Å². The van der Waals surface area contributed by atoms with E-state index in [4.69, 9.17) is 5.73 Å². The van der Waals surface area contributed by atoms with Gasteiger partial charge in [0.25, 0.3) is 0 Å². The zero-order valence-electron chi connectivity index (χ0n) is 12.4. The van der Waals surface area contributed by atoms with E-state index in [0.717, 1.165) is 23.7 Å². The summed E-state index contributed by atoms with van der Waals surface area (Å²) in [4.78, 5) is 0.289. The third kappa shape index (κ3) is 3.99. The maximum Gasteiger partial charge on any atom is 0.243 e. The normalized spacial score (nSPS) is 21.1. The second-order valence-corrected chi connectivity index (χ2v) is 8.47. The molecule has 0 bridgehead atoms. The number of nitrogen functional groups attached to an aromatic ring is 1. The topological polar surface area (TPSA) is 63.4 Å². The number of nitrogens with two attached hydrogens (primary N) is 1. The molecule has 2 N–H and O–H groups in total. The molecule has 0 aromatic heterocycles. The van der Waals surface area contributed by atoms with Crippen molar-refractivity contribution >= 4 is 31.6 Å². The van der Waals surface area contributed by atoms with Gasteiger partial charge in [0.2, 0.25) is 10.0 Å². The first kappa shape index (κ1) is 16.8. The van der Waals surface area contributed by atoms with Crippen LogP contribution in [0.15, 0.2) is 27.6 Å². The van der Waals surface area contributed by atoms with Crippen LogP contribution in [0.1, 0.15) is 39.0 Å². The van der Waals surface area contributed by atoms with E-state index in [9.17, 15) is 8.42 Å². The maximum atomic E-state index is 12.7. The van der Waals surface area contributed by atoms with Gasteiger partial charge in [0, 0.05) is 23.2 Å². The Hall–Kier alpha value is -0.590. The van der Waals surface area contributed by atoms with E-state index in [0.29, 0.717) is 24.7 Å². The molecule has 1 saturated heterocycles. The lowest BCUT2D eigenvalue weighted by Gasteiger charge is -2.20. The molecule has 1 atom stereocenters. The van der Waals surface area contributed by atoms with Crippen molar-refractivity contribution in [1.82, 2.24) is 4.31 Å². The minimum absolute atomic E-state index is 0.289. The van der Waals surface area contributed by atoms with Crippen LogP contribution in [0.2, 0.25) is 0 Å². The van der Waals surface area contributed by atoms with Crippen LogP contribution in [0.25, 0.3) is 0 Å². The van der Waals surface area contributed by atoms with Gasteiger partial charge < -0.3 is 5.73 Å². The minimum Gasteiger partial charge on any atom is -0.398 e. The van der Waals surface area contributed by atoms with Gasteiger partial charge in [-0.1, -0.05) is 19.8 Å². The largest absolute Gasteiger partial charge is 0.398 e. The predicted molar refractivity (Wildman–Crippen MR) is 89.6 cm³/mol. The Morgan fingerprint density at radius 2 is 2.10 bits per heavy atom. The monoisotopic (exact) mass is 374 g/mol. The molecule has 21 heavy (non-hydrogen) atoms. The van der Waals surface area contributed by atoms with Crippen molar-refractivity contribution in [2.75, 3.05) is 18.8 Å². The second kappa shape index (κ2) is 7.11. The Morgan fingerprint density at radius 1 is 1.33 bits per heavy atom. The quantitative estimate of drug-likeness (QED) is 0.818. The number of anilines is 1. The van der Waals surface area contributed by atoms with Crippen molar-refractivity contribution in [2.24, 2.45) is 5.92 Å². The van der Waals surface area contributed by atoms with E-state index in [-0.39, 0.29) is 4.90 Å². The first-order valence-corrected chi connectivity index (χ1v) is 9.73. The van der Waals surface area contributed by atoms with Gasteiger partial charge in [-0.2, -0.15) is 4.31 Å². The van der Waals surface area contributed by atoms with Crippen LogP contribution in [-0.4, -0.2) is 25.8 Å². The number of sulfonamides is 1. The van der Waals surface area contributed by atoms with Crippen LogP contribution in [0.3, 0.4) is 0 Å². The fraction of sp³-hybridized carbons (Fsp3) is 0.600. The third-order valence-electron chi connectivity index (χ3n) is 4.11. The molecule has 1 aliphatic heterocycles. The van der Waals surface area contributed by atoms with E-state index < -0.39 is 10.0 Å². The first-order chi connectivity index (χ1) is 9.95. The van der Waals surface area contributed by atoms with E-state index >= 15 is 0 Å². The molecule has 0 radical (unpaired) electrons. The number of benzene rings is 1. The van der Waals surface area contributed by atoms with Crippen LogP contribution in [0, 0.1) is 5.92 Å². The van der Waals surface area contributed by atoms with Crippen molar-refractivity contribution in [3.05, 3.63) is 22.7 Å². The molecule has 118 valence electrons. The Morgan fingerprint density at radius 3 is 2.76 bits per heavy atom. The zero-order chi connectivity index (χ0) is 15.5. The van der Waals surface area contributed by atoms with Crippen LogP contribution in [0.4, 0.5) is 5.69 Å². The average molecular weight is 375 g/mol.